The highest BCUT2D eigenvalue weighted by Crippen LogP contribution is 2.50. The number of halogens is 2. The van der Waals surface area contributed by atoms with Gasteiger partial charge in [-0.15, -0.1) is 13.2 Å². The molecule has 0 bridgehead atoms. The molecule has 0 fully saturated rings. The number of rotatable bonds is 11. The minimum absolute atomic E-state index is 0.0937. The van der Waals surface area contributed by atoms with Crippen LogP contribution >= 0.6 is 45.2 Å². The second kappa shape index (κ2) is 11.1. The summed E-state index contributed by atoms with van der Waals surface area (Å²) in [5, 5.41) is 0. The molecule has 0 N–H and O–H groups in total. The molecule has 1 aliphatic heterocycles. The quantitative estimate of drug-likeness (QED) is 0.190. The largest absolute Gasteiger partial charge is 0.492 e. The fraction of sp³-hybridized carbons (Fsp3) is 0.385. The van der Waals surface area contributed by atoms with Crippen LogP contribution in [0.1, 0.15) is 36.8 Å². The lowest BCUT2D eigenvalue weighted by molar-refractivity contribution is 0.320. The molecule has 0 spiro atoms. The molecule has 172 valence electrons. The monoisotopic (exact) mass is 659 g/mol. The fourth-order valence-corrected chi connectivity index (χ4v) is 7.06. The first kappa shape index (κ1) is 25.2. The Morgan fingerprint density at radius 2 is 1.44 bits per heavy atom. The Kier molecular flexibility index (Phi) is 8.77. The third-order valence-corrected chi connectivity index (χ3v) is 8.55. The first-order chi connectivity index (χ1) is 15.5. The topological polar surface area (TPSA) is 30.9 Å². The van der Waals surface area contributed by atoms with Crippen LogP contribution in [0, 0.1) is 7.14 Å². The van der Waals surface area contributed by atoms with Crippen LogP contribution in [-0.2, 0) is 12.0 Å². The van der Waals surface area contributed by atoms with Crippen molar-refractivity contribution >= 4 is 50.9 Å². The van der Waals surface area contributed by atoms with E-state index in [0.29, 0.717) is 5.75 Å². The van der Waals surface area contributed by atoms with Gasteiger partial charge in [-0.25, -0.2) is 0 Å². The molecule has 2 aromatic rings. The molecule has 0 radical (unpaired) electrons. The van der Waals surface area contributed by atoms with E-state index in [1.807, 2.05) is 12.2 Å². The number of methoxy groups -OCH3 is 3. The van der Waals surface area contributed by atoms with Crippen molar-refractivity contribution in [1.29, 1.82) is 0 Å². The molecular weight excluding hydrogens is 628 g/mol. The van der Waals surface area contributed by atoms with E-state index in [9.17, 15) is 0 Å². The van der Waals surface area contributed by atoms with Crippen LogP contribution in [0.4, 0.5) is 5.69 Å². The van der Waals surface area contributed by atoms with Gasteiger partial charge in [-0.3, -0.25) is 0 Å². The van der Waals surface area contributed by atoms with Gasteiger partial charge in [0.25, 0.3) is 0 Å². The smallest absolute Gasteiger partial charge is 0.205 e. The zero-order chi connectivity index (χ0) is 23.3. The van der Waals surface area contributed by atoms with Gasteiger partial charge in [-0.2, -0.15) is 0 Å². The predicted molar refractivity (Wildman–Crippen MR) is 150 cm³/mol. The maximum Gasteiger partial charge on any atom is 0.205 e. The van der Waals surface area contributed by atoms with Crippen molar-refractivity contribution in [2.45, 2.75) is 37.6 Å². The van der Waals surface area contributed by atoms with E-state index < -0.39 is 0 Å². The Morgan fingerprint density at radius 3 is 1.94 bits per heavy atom. The number of fused-ring (bicyclic) bond motifs is 1. The highest BCUT2D eigenvalue weighted by Gasteiger charge is 2.41. The molecule has 0 saturated heterocycles. The Morgan fingerprint density at radius 1 is 0.906 bits per heavy atom. The Bertz CT molecular complexity index is 946. The number of hydrogen-bond donors (Lipinski definition) is 0. The van der Waals surface area contributed by atoms with E-state index in [1.54, 1.807) is 21.3 Å². The van der Waals surface area contributed by atoms with Crippen LogP contribution in [0.15, 0.2) is 49.6 Å². The average Bonchev–Trinajstić information content (AvgIpc) is 3.12. The van der Waals surface area contributed by atoms with Gasteiger partial charge in [-0.05, 0) is 82.5 Å². The summed E-state index contributed by atoms with van der Waals surface area (Å²) in [5.41, 5.74) is 4.03. The summed E-state index contributed by atoms with van der Waals surface area (Å²) in [7, 11) is 5.00. The number of allylic oxidation sites excluding steroid dienone is 2. The van der Waals surface area contributed by atoms with Crippen LogP contribution < -0.4 is 19.1 Å². The summed E-state index contributed by atoms with van der Waals surface area (Å²) in [4.78, 5) is 2.51. The molecule has 0 aromatic heterocycles. The fourth-order valence-electron chi connectivity index (χ4n) is 4.74. The molecule has 0 atom stereocenters. The second-order valence-corrected chi connectivity index (χ2v) is 10.2. The highest BCUT2D eigenvalue weighted by molar-refractivity contribution is 14.1. The Balaban J connectivity index is 2.08. The summed E-state index contributed by atoms with van der Waals surface area (Å²) in [6, 6.07) is 8.84. The summed E-state index contributed by atoms with van der Waals surface area (Å²) in [6.07, 6.45) is 8.23. The molecule has 32 heavy (non-hydrogen) atoms. The highest BCUT2D eigenvalue weighted by atomic mass is 127. The van der Waals surface area contributed by atoms with Gasteiger partial charge < -0.3 is 19.1 Å². The molecule has 0 unspecified atom stereocenters. The number of ether oxygens (including phenoxy) is 3. The first-order valence-corrected chi connectivity index (χ1v) is 12.9. The van der Waals surface area contributed by atoms with Gasteiger partial charge in [0, 0.05) is 29.8 Å². The van der Waals surface area contributed by atoms with Crippen LogP contribution in [0.25, 0.3) is 0 Å². The lowest BCUT2D eigenvalue weighted by atomic mass is 9.75. The minimum Gasteiger partial charge on any atom is -0.492 e. The van der Waals surface area contributed by atoms with Crippen LogP contribution in [0.2, 0.25) is 0 Å². The summed E-state index contributed by atoms with van der Waals surface area (Å²) in [6.45, 7) is 9.70. The number of para-hydroxylation sites is 1. The van der Waals surface area contributed by atoms with E-state index >= 15 is 0 Å². The molecule has 0 amide bonds. The zero-order valence-electron chi connectivity index (χ0n) is 19.0. The maximum atomic E-state index is 5.73. The summed E-state index contributed by atoms with van der Waals surface area (Å²) >= 11 is 4.74. The van der Waals surface area contributed by atoms with E-state index in [4.69, 9.17) is 14.2 Å². The third kappa shape index (κ3) is 4.62. The molecule has 0 saturated carbocycles. The molecule has 0 aliphatic carbocycles. The standard InChI is InChI=1S/C26H31I2NO3/c1-6-8-14-26(15-9-7-2)17-29(20-13-11-10-12-19(20)26)16-18-21(27)23(30-3)25(32-5)24(31-4)22(18)28/h6-7,10-13H,1-2,8-9,14-17H2,3-5H3. The van der Waals surface area contributed by atoms with Gasteiger partial charge in [0.05, 0.1) is 28.5 Å². The molecular formula is C26H31I2NO3. The van der Waals surface area contributed by atoms with Crippen molar-refractivity contribution in [3.63, 3.8) is 0 Å². The van der Waals surface area contributed by atoms with Gasteiger partial charge in [0.1, 0.15) is 0 Å². The number of benzene rings is 2. The van der Waals surface area contributed by atoms with Crippen molar-refractivity contribution < 1.29 is 14.2 Å². The maximum absolute atomic E-state index is 5.73. The van der Waals surface area contributed by atoms with Gasteiger partial charge >= 0.3 is 0 Å². The van der Waals surface area contributed by atoms with Crippen LogP contribution in [0.3, 0.4) is 0 Å². The van der Waals surface area contributed by atoms with Crippen molar-refractivity contribution in [1.82, 2.24) is 0 Å². The minimum atomic E-state index is 0.0937. The van der Waals surface area contributed by atoms with Gasteiger partial charge in [0.15, 0.2) is 11.5 Å². The van der Waals surface area contributed by atoms with Crippen molar-refractivity contribution in [3.05, 3.63) is 67.8 Å². The predicted octanol–water partition coefficient (Wildman–Crippen LogP) is 7.11. The van der Waals surface area contributed by atoms with Gasteiger partial charge in [-0.1, -0.05) is 30.4 Å². The molecule has 3 rings (SSSR count). The van der Waals surface area contributed by atoms with E-state index in [0.717, 1.165) is 57.4 Å². The van der Waals surface area contributed by atoms with Gasteiger partial charge in [0.2, 0.25) is 5.75 Å². The number of anilines is 1. The van der Waals surface area contributed by atoms with E-state index in [1.165, 1.54) is 16.8 Å². The summed E-state index contributed by atoms with van der Waals surface area (Å²) < 4.78 is 19.2. The lowest BCUT2D eigenvalue weighted by Gasteiger charge is -2.31. The number of nitrogens with zero attached hydrogens (tertiary/aromatic N) is 1. The van der Waals surface area contributed by atoms with Crippen molar-refractivity contribution in [2.75, 3.05) is 32.8 Å². The third-order valence-electron chi connectivity index (χ3n) is 6.27. The molecule has 2 aromatic carbocycles. The lowest BCUT2D eigenvalue weighted by Crippen LogP contribution is -2.33. The normalized spacial score (nSPS) is 14.1. The van der Waals surface area contributed by atoms with E-state index in [2.05, 4.69) is 87.5 Å². The second-order valence-electron chi connectivity index (χ2n) is 8.01. The number of hydrogen-bond acceptors (Lipinski definition) is 4. The van der Waals surface area contributed by atoms with Crippen molar-refractivity contribution in [2.24, 2.45) is 0 Å². The molecule has 6 heteroatoms. The van der Waals surface area contributed by atoms with E-state index in [-0.39, 0.29) is 5.41 Å². The van der Waals surface area contributed by atoms with Crippen molar-refractivity contribution in [3.8, 4) is 17.2 Å². The van der Waals surface area contributed by atoms with Crippen LogP contribution in [0.5, 0.6) is 17.2 Å². The zero-order valence-corrected chi connectivity index (χ0v) is 23.4. The molecule has 4 nitrogen and oxygen atoms in total. The van der Waals surface area contributed by atoms with Crippen LogP contribution in [-0.4, -0.2) is 27.9 Å². The SMILES string of the molecule is C=CCCC1(CCC=C)CN(Cc2c(I)c(OC)c(OC)c(OC)c2I)c2ccccc21. The molecule has 1 heterocycles. The molecule has 1 aliphatic rings. The summed E-state index contributed by atoms with van der Waals surface area (Å²) in [5.74, 6) is 2.08. The Hall–Kier alpha value is -1.42. The first-order valence-electron chi connectivity index (χ1n) is 10.7. The average molecular weight is 659 g/mol. The Labute approximate surface area is 219 Å².